The highest BCUT2D eigenvalue weighted by Gasteiger charge is 2.22. The van der Waals surface area contributed by atoms with Crippen LogP contribution >= 0.6 is 11.3 Å². The van der Waals surface area contributed by atoms with E-state index in [4.69, 9.17) is 0 Å². The number of carbonyl (C=O) groups is 1. The van der Waals surface area contributed by atoms with Gasteiger partial charge in [-0.2, -0.15) is 0 Å². The Morgan fingerprint density at radius 1 is 1.20 bits per heavy atom. The average Bonchev–Trinajstić information content (AvgIpc) is 2.55. The van der Waals surface area contributed by atoms with Gasteiger partial charge >= 0.3 is 0 Å². The van der Waals surface area contributed by atoms with Crippen LogP contribution in [0.2, 0.25) is 0 Å². The molecule has 0 amide bonds. The molecule has 2 rings (SSSR count). The van der Waals surface area contributed by atoms with Gasteiger partial charge in [-0.3, -0.25) is 4.79 Å². The molecule has 0 saturated heterocycles. The topological polar surface area (TPSA) is 17.1 Å². The summed E-state index contributed by atoms with van der Waals surface area (Å²) in [5, 5.41) is 1.09. The Morgan fingerprint density at radius 3 is 2.47 bits per heavy atom. The van der Waals surface area contributed by atoms with Gasteiger partial charge in [-0.1, -0.05) is 39.0 Å². The van der Waals surface area contributed by atoms with Gasteiger partial charge in [0.25, 0.3) is 0 Å². The molecule has 0 atom stereocenters. The molecule has 0 radical (unpaired) electrons. The molecule has 0 saturated carbocycles. The van der Waals surface area contributed by atoms with Crippen molar-refractivity contribution in [3.63, 3.8) is 0 Å². The molecule has 0 spiro atoms. The summed E-state index contributed by atoms with van der Waals surface area (Å²) >= 11 is 1.72. The van der Waals surface area contributed by atoms with E-state index >= 15 is 0 Å². The smallest absolute Gasteiger partial charge is 0.151 e. The summed E-state index contributed by atoms with van der Waals surface area (Å²) in [5.41, 5.74) is 0.906. The van der Waals surface area contributed by atoms with Gasteiger partial charge in [-0.05, 0) is 11.5 Å². The SMILES string of the molecule is CC(C)(C)c1sc2ccccc2c1C=O. The van der Waals surface area contributed by atoms with E-state index in [1.165, 1.54) is 9.58 Å². The van der Waals surface area contributed by atoms with E-state index in [9.17, 15) is 4.79 Å². The Kier molecular flexibility index (Phi) is 2.39. The first-order valence-corrected chi connectivity index (χ1v) is 5.83. The molecule has 1 aromatic carbocycles. The Labute approximate surface area is 93.7 Å². The minimum absolute atomic E-state index is 0.0416. The van der Waals surface area contributed by atoms with Crippen LogP contribution in [-0.4, -0.2) is 6.29 Å². The Morgan fingerprint density at radius 2 is 1.87 bits per heavy atom. The number of thiophene rings is 1. The zero-order chi connectivity index (χ0) is 11.1. The fourth-order valence-electron chi connectivity index (χ4n) is 1.74. The maximum Gasteiger partial charge on any atom is 0.151 e. The lowest BCUT2D eigenvalue weighted by atomic mass is 9.91. The fourth-order valence-corrected chi connectivity index (χ4v) is 2.97. The van der Waals surface area contributed by atoms with E-state index in [0.29, 0.717) is 0 Å². The molecular weight excluding hydrogens is 204 g/mol. The third-order valence-electron chi connectivity index (χ3n) is 2.43. The van der Waals surface area contributed by atoms with E-state index in [-0.39, 0.29) is 5.41 Å². The zero-order valence-electron chi connectivity index (χ0n) is 9.20. The van der Waals surface area contributed by atoms with Gasteiger partial charge < -0.3 is 0 Å². The number of benzene rings is 1. The molecule has 0 bridgehead atoms. The number of carbonyl (C=O) groups excluding carboxylic acids is 1. The van der Waals surface area contributed by atoms with Crippen molar-refractivity contribution in [2.45, 2.75) is 26.2 Å². The van der Waals surface area contributed by atoms with E-state index in [2.05, 4.69) is 26.8 Å². The highest BCUT2D eigenvalue weighted by molar-refractivity contribution is 7.19. The fraction of sp³-hybridized carbons (Fsp3) is 0.308. The third-order valence-corrected chi connectivity index (χ3v) is 4.05. The van der Waals surface area contributed by atoms with Crippen molar-refractivity contribution in [1.82, 2.24) is 0 Å². The molecule has 78 valence electrons. The minimum atomic E-state index is 0.0416. The summed E-state index contributed by atoms with van der Waals surface area (Å²) in [5.74, 6) is 0. The second-order valence-corrected chi connectivity index (χ2v) is 5.76. The van der Waals surface area contributed by atoms with Crippen LogP contribution in [0.5, 0.6) is 0 Å². The van der Waals surface area contributed by atoms with Crippen molar-refractivity contribution < 1.29 is 4.79 Å². The summed E-state index contributed by atoms with van der Waals surface area (Å²) in [7, 11) is 0. The largest absolute Gasteiger partial charge is 0.298 e. The summed E-state index contributed by atoms with van der Waals surface area (Å²) in [6.45, 7) is 6.43. The number of hydrogen-bond acceptors (Lipinski definition) is 2. The molecule has 1 aromatic heterocycles. The number of aldehydes is 1. The van der Waals surface area contributed by atoms with Crippen molar-refractivity contribution in [3.8, 4) is 0 Å². The van der Waals surface area contributed by atoms with Crippen LogP contribution in [0.4, 0.5) is 0 Å². The van der Waals surface area contributed by atoms with Crippen LogP contribution in [0.1, 0.15) is 36.0 Å². The summed E-state index contributed by atoms with van der Waals surface area (Å²) in [6, 6.07) is 8.08. The van der Waals surface area contributed by atoms with Crippen molar-refractivity contribution in [2.75, 3.05) is 0 Å². The molecule has 15 heavy (non-hydrogen) atoms. The van der Waals surface area contributed by atoms with Crippen molar-refractivity contribution in [1.29, 1.82) is 0 Å². The van der Waals surface area contributed by atoms with Gasteiger partial charge in [-0.15, -0.1) is 11.3 Å². The van der Waals surface area contributed by atoms with Crippen molar-refractivity contribution >= 4 is 27.7 Å². The normalized spacial score (nSPS) is 11.9. The second-order valence-electron chi connectivity index (χ2n) is 4.71. The van der Waals surface area contributed by atoms with Crippen LogP contribution in [0.3, 0.4) is 0 Å². The van der Waals surface area contributed by atoms with Gasteiger partial charge in [-0.25, -0.2) is 0 Å². The zero-order valence-corrected chi connectivity index (χ0v) is 10.0. The molecule has 1 heterocycles. The Balaban J connectivity index is 2.81. The first-order chi connectivity index (χ1) is 7.04. The van der Waals surface area contributed by atoms with Gasteiger partial charge in [0, 0.05) is 20.5 Å². The molecule has 2 heteroatoms. The Bertz CT molecular complexity index is 503. The minimum Gasteiger partial charge on any atom is -0.298 e. The molecule has 0 fully saturated rings. The van der Waals surface area contributed by atoms with Gasteiger partial charge in [0.2, 0.25) is 0 Å². The molecule has 0 aliphatic heterocycles. The van der Waals surface area contributed by atoms with E-state index in [1.807, 2.05) is 18.2 Å². The van der Waals surface area contributed by atoms with Crippen LogP contribution in [0, 0.1) is 0 Å². The first-order valence-electron chi connectivity index (χ1n) is 5.01. The molecule has 0 aliphatic rings. The maximum absolute atomic E-state index is 11.2. The predicted molar refractivity (Wildman–Crippen MR) is 65.9 cm³/mol. The predicted octanol–water partition coefficient (Wildman–Crippen LogP) is 4.01. The number of fused-ring (bicyclic) bond motifs is 1. The molecule has 0 N–H and O–H groups in total. The van der Waals surface area contributed by atoms with Crippen molar-refractivity contribution in [3.05, 3.63) is 34.7 Å². The third kappa shape index (κ3) is 1.70. The van der Waals surface area contributed by atoms with Crippen LogP contribution in [0.25, 0.3) is 10.1 Å². The van der Waals surface area contributed by atoms with Crippen LogP contribution in [0.15, 0.2) is 24.3 Å². The molecule has 0 unspecified atom stereocenters. The molecular formula is C13H14OS. The van der Waals surface area contributed by atoms with Crippen molar-refractivity contribution in [2.24, 2.45) is 0 Å². The van der Waals surface area contributed by atoms with E-state index in [1.54, 1.807) is 11.3 Å². The molecule has 1 nitrogen and oxygen atoms in total. The Hall–Kier alpha value is -1.15. The van der Waals surface area contributed by atoms with E-state index in [0.717, 1.165) is 17.2 Å². The second kappa shape index (κ2) is 3.46. The molecule has 2 aromatic rings. The highest BCUT2D eigenvalue weighted by Crippen LogP contribution is 2.37. The highest BCUT2D eigenvalue weighted by atomic mass is 32.1. The summed E-state index contributed by atoms with van der Waals surface area (Å²) in [4.78, 5) is 12.3. The quantitative estimate of drug-likeness (QED) is 0.661. The lowest BCUT2D eigenvalue weighted by Crippen LogP contribution is -2.10. The van der Waals surface area contributed by atoms with Crippen LogP contribution in [-0.2, 0) is 5.41 Å². The van der Waals surface area contributed by atoms with E-state index < -0.39 is 0 Å². The maximum atomic E-state index is 11.2. The van der Waals surface area contributed by atoms with Crippen LogP contribution < -0.4 is 0 Å². The monoisotopic (exact) mass is 218 g/mol. The van der Waals surface area contributed by atoms with Gasteiger partial charge in [0.1, 0.15) is 0 Å². The first kappa shape index (κ1) is 10.4. The number of rotatable bonds is 1. The molecule has 0 aliphatic carbocycles. The summed E-state index contributed by atoms with van der Waals surface area (Å²) in [6.07, 6.45) is 0.986. The lowest BCUT2D eigenvalue weighted by Gasteiger charge is -2.16. The number of hydrogen-bond donors (Lipinski definition) is 0. The average molecular weight is 218 g/mol. The summed E-state index contributed by atoms with van der Waals surface area (Å²) < 4.78 is 1.20. The van der Waals surface area contributed by atoms with Gasteiger partial charge in [0.05, 0.1) is 0 Å². The standard InChI is InChI=1S/C13H14OS/c1-13(2,3)12-10(8-14)9-6-4-5-7-11(9)15-12/h4-8H,1-3H3. The van der Waals surface area contributed by atoms with Gasteiger partial charge in [0.15, 0.2) is 6.29 Å². The lowest BCUT2D eigenvalue weighted by molar-refractivity contribution is 0.112.